The van der Waals surface area contributed by atoms with Crippen LogP contribution in [0.2, 0.25) is 0 Å². The van der Waals surface area contributed by atoms with Gasteiger partial charge in [-0.25, -0.2) is 17.9 Å². The van der Waals surface area contributed by atoms with Gasteiger partial charge in [0.2, 0.25) is 9.84 Å². The number of rotatable bonds is 9. The second-order valence-electron chi connectivity index (χ2n) is 5.66. The Hall–Kier alpha value is -2.82. The summed E-state index contributed by atoms with van der Waals surface area (Å²) >= 11 is 0. The SMILES string of the molecule is CCC(NC(=O)OCc1ccccc1)C(=O)Cn1nnnc1S(=O)(=O)CC. The Bertz CT molecular complexity index is 882. The Labute approximate surface area is 156 Å². The molecule has 0 saturated heterocycles. The van der Waals surface area contributed by atoms with Gasteiger partial charge in [-0.2, -0.15) is 0 Å². The molecule has 1 unspecified atom stereocenters. The monoisotopic (exact) mass is 395 g/mol. The van der Waals surface area contributed by atoms with Crippen LogP contribution in [0.15, 0.2) is 35.5 Å². The van der Waals surface area contributed by atoms with E-state index in [2.05, 4.69) is 20.8 Å². The van der Waals surface area contributed by atoms with Crippen molar-refractivity contribution in [1.29, 1.82) is 0 Å². The van der Waals surface area contributed by atoms with E-state index in [0.29, 0.717) is 6.42 Å². The number of benzene rings is 1. The normalized spacial score (nSPS) is 12.4. The molecule has 1 amide bonds. The third-order valence-corrected chi connectivity index (χ3v) is 5.37. The molecule has 0 aliphatic carbocycles. The third-order valence-electron chi connectivity index (χ3n) is 3.76. The highest BCUT2D eigenvalue weighted by atomic mass is 32.2. The molecule has 1 aromatic carbocycles. The largest absolute Gasteiger partial charge is 0.445 e. The van der Waals surface area contributed by atoms with Crippen molar-refractivity contribution in [3.05, 3.63) is 35.9 Å². The molecular formula is C16H21N5O5S. The highest BCUT2D eigenvalue weighted by Crippen LogP contribution is 2.07. The lowest BCUT2D eigenvalue weighted by molar-refractivity contribution is -0.122. The predicted octanol–water partition coefficient (Wildman–Crippen LogP) is 0.741. The zero-order valence-electron chi connectivity index (χ0n) is 15.0. The van der Waals surface area contributed by atoms with Gasteiger partial charge in [0.05, 0.1) is 11.8 Å². The average molecular weight is 395 g/mol. The number of hydrogen-bond donors (Lipinski definition) is 1. The first-order chi connectivity index (χ1) is 12.9. The first-order valence-electron chi connectivity index (χ1n) is 8.36. The topological polar surface area (TPSA) is 133 Å². The Morgan fingerprint density at radius 1 is 1.22 bits per heavy atom. The van der Waals surface area contributed by atoms with Crippen LogP contribution in [0, 0.1) is 0 Å². The van der Waals surface area contributed by atoms with Gasteiger partial charge in [-0.3, -0.25) is 4.79 Å². The van der Waals surface area contributed by atoms with E-state index < -0.39 is 27.8 Å². The lowest BCUT2D eigenvalue weighted by Gasteiger charge is -2.16. The van der Waals surface area contributed by atoms with Crippen LogP contribution in [-0.2, 0) is 32.5 Å². The van der Waals surface area contributed by atoms with Crippen LogP contribution in [0.3, 0.4) is 0 Å². The second kappa shape index (κ2) is 9.21. The fourth-order valence-electron chi connectivity index (χ4n) is 2.22. The van der Waals surface area contributed by atoms with Gasteiger partial charge in [0.25, 0.3) is 5.16 Å². The number of alkyl carbamates (subject to hydrolysis) is 1. The number of sulfone groups is 1. The van der Waals surface area contributed by atoms with E-state index >= 15 is 0 Å². The summed E-state index contributed by atoms with van der Waals surface area (Å²) in [6.07, 6.45) is -0.436. The van der Waals surface area contributed by atoms with Gasteiger partial charge in [-0.1, -0.05) is 49.3 Å². The van der Waals surface area contributed by atoms with E-state index in [1.165, 1.54) is 6.92 Å². The van der Waals surface area contributed by atoms with E-state index in [9.17, 15) is 18.0 Å². The molecule has 0 radical (unpaired) electrons. The number of ketones is 1. The van der Waals surface area contributed by atoms with Gasteiger partial charge >= 0.3 is 6.09 Å². The van der Waals surface area contributed by atoms with Gasteiger partial charge in [0.1, 0.15) is 13.2 Å². The first kappa shape index (κ1) is 20.5. The molecule has 11 heteroatoms. The Morgan fingerprint density at radius 3 is 2.56 bits per heavy atom. The van der Waals surface area contributed by atoms with Crippen molar-refractivity contribution in [1.82, 2.24) is 25.5 Å². The van der Waals surface area contributed by atoms with Crippen LogP contribution in [0.4, 0.5) is 4.79 Å². The average Bonchev–Trinajstić information content (AvgIpc) is 3.14. The molecule has 0 bridgehead atoms. The van der Waals surface area contributed by atoms with Crippen LogP contribution in [0.1, 0.15) is 25.8 Å². The lowest BCUT2D eigenvalue weighted by Crippen LogP contribution is -2.42. The van der Waals surface area contributed by atoms with Crippen LogP contribution in [-0.4, -0.2) is 52.3 Å². The fourth-order valence-corrected chi connectivity index (χ4v) is 3.06. The van der Waals surface area contributed by atoms with Gasteiger partial charge in [0, 0.05) is 0 Å². The second-order valence-corrected chi connectivity index (χ2v) is 7.83. The van der Waals surface area contributed by atoms with Crippen molar-refractivity contribution in [2.45, 2.75) is 44.6 Å². The summed E-state index contributed by atoms with van der Waals surface area (Å²) in [4.78, 5) is 24.4. The molecule has 0 spiro atoms. The number of amides is 1. The molecule has 146 valence electrons. The number of tetrazole rings is 1. The minimum absolute atomic E-state index is 0.0726. The molecule has 1 heterocycles. The molecule has 1 atom stereocenters. The van der Waals surface area contributed by atoms with Crippen molar-refractivity contribution in [2.24, 2.45) is 0 Å². The van der Waals surface area contributed by atoms with Crippen molar-refractivity contribution in [2.75, 3.05) is 5.75 Å². The lowest BCUT2D eigenvalue weighted by atomic mass is 10.1. The van der Waals surface area contributed by atoms with Crippen LogP contribution in [0.25, 0.3) is 0 Å². The van der Waals surface area contributed by atoms with E-state index in [1.807, 2.05) is 30.3 Å². The molecule has 1 aromatic heterocycles. The summed E-state index contributed by atoms with van der Waals surface area (Å²) < 4.78 is 29.9. The number of ether oxygens (including phenoxy) is 1. The maximum atomic E-state index is 12.4. The first-order valence-corrected chi connectivity index (χ1v) is 10.0. The highest BCUT2D eigenvalue weighted by Gasteiger charge is 2.25. The van der Waals surface area contributed by atoms with Crippen molar-refractivity contribution in [3.63, 3.8) is 0 Å². The summed E-state index contributed by atoms with van der Waals surface area (Å²) in [5.41, 5.74) is 0.815. The zero-order valence-corrected chi connectivity index (χ0v) is 15.8. The van der Waals surface area contributed by atoms with E-state index in [0.717, 1.165) is 10.2 Å². The minimum atomic E-state index is -3.66. The molecule has 10 nitrogen and oxygen atoms in total. The molecule has 2 rings (SSSR count). The Kier molecular flexibility index (Phi) is 6.99. The summed E-state index contributed by atoms with van der Waals surface area (Å²) in [5, 5.41) is 12.4. The van der Waals surface area contributed by atoms with E-state index in [4.69, 9.17) is 4.74 Å². The summed E-state index contributed by atoms with van der Waals surface area (Å²) in [6.45, 7) is 2.86. The summed E-state index contributed by atoms with van der Waals surface area (Å²) in [5.74, 6) is -0.628. The molecule has 27 heavy (non-hydrogen) atoms. The molecule has 0 fully saturated rings. The Balaban J connectivity index is 1.96. The van der Waals surface area contributed by atoms with Crippen molar-refractivity contribution < 1.29 is 22.7 Å². The van der Waals surface area contributed by atoms with Gasteiger partial charge < -0.3 is 10.1 Å². The molecule has 1 N–H and O–H groups in total. The number of carbonyl (C=O) groups is 2. The Morgan fingerprint density at radius 2 is 1.93 bits per heavy atom. The van der Waals surface area contributed by atoms with E-state index in [-0.39, 0.29) is 24.1 Å². The quantitative estimate of drug-likeness (QED) is 0.657. The van der Waals surface area contributed by atoms with Crippen LogP contribution >= 0.6 is 0 Å². The predicted molar refractivity (Wildman–Crippen MR) is 94.4 cm³/mol. The molecule has 0 aliphatic rings. The van der Waals surface area contributed by atoms with Gasteiger partial charge in [0.15, 0.2) is 5.78 Å². The zero-order chi connectivity index (χ0) is 19.9. The standard InChI is InChI=1S/C16H21N5O5S/c1-3-13(17-16(23)26-11-12-8-6-5-7-9-12)14(22)10-21-15(18-19-20-21)27(24,25)4-2/h5-9,13H,3-4,10-11H2,1-2H3,(H,17,23). The number of carbonyl (C=O) groups excluding carboxylic acids is 2. The number of nitrogens with zero attached hydrogens (tertiary/aromatic N) is 4. The minimum Gasteiger partial charge on any atom is -0.445 e. The fraction of sp³-hybridized carbons (Fsp3) is 0.438. The number of hydrogen-bond acceptors (Lipinski definition) is 8. The number of nitrogens with one attached hydrogen (secondary N) is 1. The summed E-state index contributed by atoms with van der Waals surface area (Å²) in [6, 6.07) is 8.26. The van der Waals surface area contributed by atoms with Crippen molar-refractivity contribution >= 4 is 21.7 Å². The van der Waals surface area contributed by atoms with Crippen LogP contribution in [0.5, 0.6) is 0 Å². The van der Waals surface area contributed by atoms with Crippen LogP contribution < -0.4 is 5.32 Å². The molecule has 0 aliphatic heterocycles. The molecule has 2 aromatic rings. The van der Waals surface area contributed by atoms with E-state index in [1.54, 1.807) is 6.92 Å². The molecule has 0 saturated carbocycles. The van der Waals surface area contributed by atoms with Gasteiger partial charge in [-0.05, 0) is 22.4 Å². The van der Waals surface area contributed by atoms with Gasteiger partial charge in [-0.15, -0.1) is 0 Å². The maximum absolute atomic E-state index is 12.4. The smallest absolute Gasteiger partial charge is 0.408 e. The number of Topliss-reactive ketones (excluding diaryl/α,β-unsaturated/α-hetero) is 1. The molecular weight excluding hydrogens is 374 g/mol. The number of aromatic nitrogens is 4. The summed E-state index contributed by atoms with van der Waals surface area (Å²) in [7, 11) is -3.66. The third kappa shape index (κ3) is 5.58. The van der Waals surface area contributed by atoms with Crippen molar-refractivity contribution in [3.8, 4) is 0 Å². The maximum Gasteiger partial charge on any atom is 0.408 e. The highest BCUT2D eigenvalue weighted by molar-refractivity contribution is 7.91.